The topological polar surface area (TPSA) is 64.8 Å². The Morgan fingerprint density at radius 1 is 1.29 bits per heavy atom. The van der Waals surface area contributed by atoms with Crippen LogP contribution in [-0.4, -0.2) is 40.0 Å². The predicted octanol–water partition coefficient (Wildman–Crippen LogP) is 0.997. The van der Waals surface area contributed by atoms with E-state index in [9.17, 15) is 0 Å². The highest BCUT2D eigenvalue weighted by atomic mass is 15.2. The summed E-state index contributed by atoms with van der Waals surface area (Å²) in [6.07, 6.45) is 7.04. The Kier molecular flexibility index (Phi) is 2.65. The summed E-state index contributed by atoms with van der Waals surface area (Å²) in [5.41, 5.74) is 0.363. The first-order chi connectivity index (χ1) is 8.35. The molecule has 1 aliphatic heterocycles. The molecule has 0 radical (unpaired) electrons. The largest absolute Gasteiger partial charge is 0.365 e. The second kappa shape index (κ2) is 4.30. The van der Waals surface area contributed by atoms with Gasteiger partial charge in [0.1, 0.15) is 11.9 Å². The van der Waals surface area contributed by atoms with Crippen LogP contribution in [0.4, 0.5) is 5.82 Å². The number of hydrogen-bond acceptors (Lipinski definition) is 5. The maximum absolute atomic E-state index is 8.64. The zero-order valence-electron chi connectivity index (χ0n) is 9.63. The van der Waals surface area contributed by atoms with E-state index >= 15 is 0 Å². The minimum Gasteiger partial charge on any atom is -0.365 e. The lowest BCUT2D eigenvalue weighted by Gasteiger charge is -2.15. The first kappa shape index (κ1) is 10.5. The predicted molar refractivity (Wildman–Crippen MR) is 63.4 cm³/mol. The van der Waals surface area contributed by atoms with Gasteiger partial charge in [-0.15, -0.1) is 0 Å². The van der Waals surface area contributed by atoms with Crippen molar-refractivity contribution >= 4 is 5.82 Å². The molecule has 2 aliphatic rings. The molecule has 5 nitrogen and oxygen atoms in total. The van der Waals surface area contributed by atoms with Crippen molar-refractivity contribution in [1.29, 1.82) is 5.26 Å². The van der Waals surface area contributed by atoms with Crippen LogP contribution in [0.2, 0.25) is 0 Å². The summed E-state index contributed by atoms with van der Waals surface area (Å²) >= 11 is 0. The quantitative estimate of drug-likeness (QED) is 0.837. The Balaban J connectivity index is 1.57. The van der Waals surface area contributed by atoms with E-state index in [-0.39, 0.29) is 0 Å². The molecule has 1 aromatic rings. The molecular formula is C12H15N5. The van der Waals surface area contributed by atoms with Crippen molar-refractivity contribution < 1.29 is 0 Å². The summed E-state index contributed by atoms with van der Waals surface area (Å²) in [4.78, 5) is 10.7. The molecule has 0 amide bonds. The van der Waals surface area contributed by atoms with Gasteiger partial charge in [-0.05, 0) is 19.3 Å². The fourth-order valence-corrected chi connectivity index (χ4v) is 2.35. The summed E-state index contributed by atoms with van der Waals surface area (Å²) < 4.78 is 0. The molecule has 1 aliphatic carbocycles. The molecule has 1 unspecified atom stereocenters. The second-order valence-electron chi connectivity index (χ2n) is 4.75. The molecule has 88 valence electrons. The van der Waals surface area contributed by atoms with Gasteiger partial charge in [-0.25, -0.2) is 9.97 Å². The Morgan fingerprint density at radius 2 is 2.18 bits per heavy atom. The zero-order chi connectivity index (χ0) is 11.7. The highest BCUT2D eigenvalue weighted by molar-refractivity contribution is 5.34. The number of anilines is 1. The summed E-state index contributed by atoms with van der Waals surface area (Å²) in [6, 6.07) is 3.28. The molecule has 0 aromatic carbocycles. The Labute approximate surface area is 100 Å². The van der Waals surface area contributed by atoms with Crippen LogP contribution in [0, 0.1) is 11.3 Å². The standard InChI is InChI=1S/C12H15N5/c13-5-10-6-15-12(7-14-10)16-9-3-4-17(8-9)11-1-2-11/h6-7,9,11H,1-4,8H2,(H,15,16). The lowest BCUT2D eigenvalue weighted by atomic mass is 10.2. The molecule has 1 aromatic heterocycles. The van der Waals surface area contributed by atoms with E-state index < -0.39 is 0 Å². The van der Waals surface area contributed by atoms with E-state index in [1.807, 2.05) is 6.07 Å². The molecule has 0 bridgehead atoms. The minimum absolute atomic E-state index is 0.363. The number of aromatic nitrogens is 2. The van der Waals surface area contributed by atoms with E-state index in [0.29, 0.717) is 11.7 Å². The number of likely N-dealkylation sites (tertiary alicyclic amines) is 1. The van der Waals surface area contributed by atoms with Gasteiger partial charge in [0.25, 0.3) is 0 Å². The van der Waals surface area contributed by atoms with Crippen molar-refractivity contribution in [3.63, 3.8) is 0 Å². The van der Waals surface area contributed by atoms with Crippen LogP contribution in [0.1, 0.15) is 25.0 Å². The number of nitrogens with one attached hydrogen (secondary N) is 1. The van der Waals surface area contributed by atoms with Gasteiger partial charge in [-0.3, -0.25) is 4.90 Å². The molecule has 1 atom stereocenters. The van der Waals surface area contributed by atoms with Gasteiger partial charge in [0, 0.05) is 25.2 Å². The third-order valence-electron chi connectivity index (χ3n) is 3.40. The molecule has 17 heavy (non-hydrogen) atoms. The van der Waals surface area contributed by atoms with Crippen LogP contribution < -0.4 is 5.32 Å². The van der Waals surface area contributed by atoms with E-state index in [1.165, 1.54) is 25.6 Å². The van der Waals surface area contributed by atoms with Crippen molar-refractivity contribution in [1.82, 2.24) is 14.9 Å². The van der Waals surface area contributed by atoms with Gasteiger partial charge in [0.05, 0.1) is 12.4 Å². The average molecular weight is 229 g/mol. The Bertz CT molecular complexity index is 431. The molecule has 3 rings (SSSR count). The SMILES string of the molecule is N#Cc1cnc(NC2CCN(C3CC3)C2)cn1. The number of nitriles is 1. The molecule has 1 saturated carbocycles. The zero-order valence-corrected chi connectivity index (χ0v) is 9.63. The van der Waals surface area contributed by atoms with Crippen LogP contribution in [0.15, 0.2) is 12.4 Å². The van der Waals surface area contributed by atoms with Gasteiger partial charge >= 0.3 is 0 Å². The van der Waals surface area contributed by atoms with Crippen molar-refractivity contribution in [2.24, 2.45) is 0 Å². The van der Waals surface area contributed by atoms with E-state index in [0.717, 1.165) is 24.8 Å². The molecule has 1 N–H and O–H groups in total. The first-order valence-corrected chi connectivity index (χ1v) is 6.08. The Hall–Kier alpha value is -1.67. The van der Waals surface area contributed by atoms with Crippen LogP contribution in [0.5, 0.6) is 0 Å². The van der Waals surface area contributed by atoms with Crippen LogP contribution >= 0.6 is 0 Å². The number of hydrogen-bond donors (Lipinski definition) is 1. The maximum Gasteiger partial charge on any atom is 0.158 e. The van der Waals surface area contributed by atoms with E-state index in [2.05, 4.69) is 20.2 Å². The van der Waals surface area contributed by atoms with E-state index in [1.54, 1.807) is 6.20 Å². The number of rotatable bonds is 3. The molecule has 0 spiro atoms. The van der Waals surface area contributed by atoms with Crippen molar-refractivity contribution in [3.05, 3.63) is 18.1 Å². The van der Waals surface area contributed by atoms with Crippen LogP contribution in [0.3, 0.4) is 0 Å². The molecule has 2 heterocycles. The summed E-state index contributed by atoms with van der Waals surface area (Å²) in [6.45, 7) is 2.29. The summed E-state index contributed by atoms with van der Waals surface area (Å²) in [5, 5.41) is 12.0. The lowest BCUT2D eigenvalue weighted by Crippen LogP contribution is -2.28. The third kappa shape index (κ3) is 2.37. The van der Waals surface area contributed by atoms with Crippen molar-refractivity contribution in [2.45, 2.75) is 31.3 Å². The lowest BCUT2D eigenvalue weighted by molar-refractivity contribution is 0.326. The highest BCUT2D eigenvalue weighted by Gasteiger charge is 2.34. The molecule has 2 fully saturated rings. The van der Waals surface area contributed by atoms with Crippen LogP contribution in [-0.2, 0) is 0 Å². The smallest absolute Gasteiger partial charge is 0.158 e. The van der Waals surface area contributed by atoms with Gasteiger partial charge < -0.3 is 5.32 Å². The highest BCUT2D eigenvalue weighted by Crippen LogP contribution is 2.30. The summed E-state index contributed by atoms with van der Waals surface area (Å²) in [7, 11) is 0. The number of nitrogens with zero attached hydrogens (tertiary/aromatic N) is 4. The van der Waals surface area contributed by atoms with Gasteiger partial charge in [0.2, 0.25) is 0 Å². The second-order valence-corrected chi connectivity index (χ2v) is 4.75. The fraction of sp³-hybridized carbons (Fsp3) is 0.583. The minimum atomic E-state index is 0.363. The normalized spacial score (nSPS) is 24.5. The monoisotopic (exact) mass is 229 g/mol. The third-order valence-corrected chi connectivity index (χ3v) is 3.40. The molecule has 5 heteroatoms. The van der Waals surface area contributed by atoms with Gasteiger partial charge in [-0.2, -0.15) is 5.26 Å². The van der Waals surface area contributed by atoms with Gasteiger partial charge in [-0.1, -0.05) is 0 Å². The Morgan fingerprint density at radius 3 is 2.82 bits per heavy atom. The van der Waals surface area contributed by atoms with Crippen molar-refractivity contribution in [3.8, 4) is 6.07 Å². The van der Waals surface area contributed by atoms with Gasteiger partial charge in [0.15, 0.2) is 5.69 Å². The van der Waals surface area contributed by atoms with Crippen molar-refractivity contribution in [2.75, 3.05) is 18.4 Å². The fourth-order valence-electron chi connectivity index (χ4n) is 2.35. The molecular weight excluding hydrogens is 214 g/mol. The van der Waals surface area contributed by atoms with Crippen LogP contribution in [0.25, 0.3) is 0 Å². The maximum atomic E-state index is 8.64. The first-order valence-electron chi connectivity index (χ1n) is 6.08. The summed E-state index contributed by atoms with van der Waals surface area (Å²) in [5.74, 6) is 0.770. The average Bonchev–Trinajstić information content (AvgIpc) is 3.12. The molecule has 1 saturated heterocycles. The van der Waals surface area contributed by atoms with E-state index in [4.69, 9.17) is 5.26 Å².